The molecule has 1 aliphatic rings. The first kappa shape index (κ1) is 12.7. The largest absolute Gasteiger partial charge is 0.454 e. The Morgan fingerprint density at radius 3 is 2.94 bits per heavy atom. The lowest BCUT2D eigenvalue weighted by Gasteiger charge is -2.24. The van der Waals surface area contributed by atoms with Gasteiger partial charge in [-0.05, 0) is 32.0 Å². The van der Waals surface area contributed by atoms with Crippen LogP contribution in [0.1, 0.15) is 25.0 Å². The molecular weight excluding hydrogens is 254 g/mol. The molecule has 1 heterocycles. The number of benzene rings is 1. The van der Waals surface area contributed by atoms with E-state index in [1.165, 1.54) is 0 Å². The van der Waals surface area contributed by atoms with Gasteiger partial charge in [-0.15, -0.1) is 11.6 Å². The standard InChI is InChI=1S/C13H12ClNO3/c1-13(2)9-5-8(7-15)3-4-10(9)17-12(13)18-11(16)6-14/h3-5,12H,6H2,1-2H3. The summed E-state index contributed by atoms with van der Waals surface area (Å²) >= 11 is 5.41. The molecule has 2 rings (SSSR count). The molecule has 1 aromatic carbocycles. The van der Waals surface area contributed by atoms with Crippen LogP contribution < -0.4 is 4.74 Å². The van der Waals surface area contributed by atoms with Gasteiger partial charge in [0.15, 0.2) is 0 Å². The Balaban J connectivity index is 2.33. The molecule has 94 valence electrons. The normalized spacial score (nSPS) is 19.6. The molecule has 0 saturated heterocycles. The molecule has 1 aliphatic heterocycles. The smallest absolute Gasteiger partial charge is 0.323 e. The average Bonchev–Trinajstić information content (AvgIpc) is 2.61. The molecule has 0 N–H and O–H groups in total. The minimum absolute atomic E-state index is 0.213. The third-order valence-electron chi connectivity index (χ3n) is 2.97. The highest BCUT2D eigenvalue weighted by molar-refractivity contribution is 6.26. The summed E-state index contributed by atoms with van der Waals surface area (Å²) in [7, 11) is 0. The lowest BCUT2D eigenvalue weighted by molar-refractivity contribution is -0.165. The van der Waals surface area contributed by atoms with Crippen LogP contribution in [0.15, 0.2) is 18.2 Å². The van der Waals surface area contributed by atoms with Gasteiger partial charge in [0.2, 0.25) is 0 Å². The van der Waals surface area contributed by atoms with Gasteiger partial charge < -0.3 is 9.47 Å². The fourth-order valence-corrected chi connectivity index (χ4v) is 1.98. The van der Waals surface area contributed by atoms with Crippen molar-refractivity contribution in [1.29, 1.82) is 5.26 Å². The number of nitrogens with zero attached hydrogens (tertiary/aromatic N) is 1. The second kappa shape index (κ2) is 4.51. The zero-order valence-electron chi connectivity index (χ0n) is 10.1. The van der Waals surface area contributed by atoms with E-state index in [0.29, 0.717) is 11.3 Å². The summed E-state index contributed by atoms with van der Waals surface area (Å²) in [4.78, 5) is 11.2. The summed E-state index contributed by atoms with van der Waals surface area (Å²) in [5.41, 5.74) is 0.896. The van der Waals surface area contributed by atoms with Crippen molar-refractivity contribution in [2.75, 3.05) is 5.88 Å². The van der Waals surface area contributed by atoms with Crippen LogP contribution in [-0.2, 0) is 14.9 Å². The van der Waals surface area contributed by atoms with E-state index in [0.717, 1.165) is 5.56 Å². The van der Waals surface area contributed by atoms with Gasteiger partial charge in [-0.3, -0.25) is 4.79 Å². The second-order valence-corrected chi connectivity index (χ2v) is 4.88. The number of alkyl halides is 1. The predicted octanol–water partition coefficient (Wildman–Crippen LogP) is 2.34. The molecule has 18 heavy (non-hydrogen) atoms. The van der Waals surface area contributed by atoms with Crippen molar-refractivity contribution in [3.8, 4) is 11.8 Å². The van der Waals surface area contributed by atoms with Crippen molar-refractivity contribution in [1.82, 2.24) is 0 Å². The number of fused-ring (bicyclic) bond motifs is 1. The van der Waals surface area contributed by atoms with Gasteiger partial charge in [0.1, 0.15) is 11.6 Å². The zero-order valence-corrected chi connectivity index (χ0v) is 10.8. The molecule has 0 spiro atoms. The Morgan fingerprint density at radius 2 is 2.33 bits per heavy atom. The number of nitriles is 1. The van der Waals surface area contributed by atoms with Crippen molar-refractivity contribution >= 4 is 17.6 Å². The molecule has 0 amide bonds. The molecule has 1 unspecified atom stereocenters. The van der Waals surface area contributed by atoms with E-state index in [1.54, 1.807) is 18.2 Å². The van der Waals surface area contributed by atoms with E-state index in [-0.39, 0.29) is 5.88 Å². The van der Waals surface area contributed by atoms with Crippen LogP contribution in [0.5, 0.6) is 5.75 Å². The van der Waals surface area contributed by atoms with E-state index in [1.807, 2.05) is 13.8 Å². The number of rotatable bonds is 2. The molecule has 0 saturated carbocycles. The first-order valence-electron chi connectivity index (χ1n) is 5.45. The van der Waals surface area contributed by atoms with E-state index in [2.05, 4.69) is 6.07 Å². The van der Waals surface area contributed by atoms with Gasteiger partial charge in [-0.2, -0.15) is 5.26 Å². The van der Waals surface area contributed by atoms with Crippen molar-refractivity contribution in [3.63, 3.8) is 0 Å². The fourth-order valence-electron chi connectivity index (χ4n) is 1.92. The minimum Gasteiger partial charge on any atom is -0.454 e. The maximum atomic E-state index is 11.2. The molecule has 0 aliphatic carbocycles. The summed E-state index contributed by atoms with van der Waals surface area (Å²) in [5.74, 6) is -0.107. The van der Waals surface area contributed by atoms with Crippen molar-refractivity contribution < 1.29 is 14.3 Å². The molecule has 1 aromatic rings. The number of carbonyl (C=O) groups is 1. The van der Waals surface area contributed by atoms with Crippen LogP contribution in [0.4, 0.5) is 0 Å². The van der Waals surface area contributed by atoms with E-state index < -0.39 is 17.7 Å². The topological polar surface area (TPSA) is 59.3 Å². The number of hydrogen-bond acceptors (Lipinski definition) is 4. The lowest BCUT2D eigenvalue weighted by Crippen LogP contribution is -2.36. The Hall–Kier alpha value is -1.73. The Labute approximate surface area is 110 Å². The molecule has 1 atom stereocenters. The van der Waals surface area contributed by atoms with Crippen LogP contribution in [0.2, 0.25) is 0 Å². The van der Waals surface area contributed by atoms with Crippen LogP contribution in [-0.4, -0.2) is 18.1 Å². The predicted molar refractivity (Wildman–Crippen MR) is 65.4 cm³/mol. The molecule has 4 nitrogen and oxygen atoms in total. The van der Waals surface area contributed by atoms with Gasteiger partial charge in [0.25, 0.3) is 6.29 Å². The highest BCUT2D eigenvalue weighted by Gasteiger charge is 2.44. The Kier molecular flexibility index (Phi) is 3.18. The summed E-state index contributed by atoms with van der Waals surface area (Å²) in [6.07, 6.45) is -0.715. The van der Waals surface area contributed by atoms with Crippen LogP contribution in [0.25, 0.3) is 0 Å². The lowest BCUT2D eigenvalue weighted by atomic mass is 9.84. The summed E-state index contributed by atoms with van der Waals surface area (Å²) in [6.45, 7) is 3.79. The van der Waals surface area contributed by atoms with Crippen molar-refractivity contribution in [2.45, 2.75) is 25.6 Å². The maximum Gasteiger partial charge on any atom is 0.323 e. The van der Waals surface area contributed by atoms with Crippen LogP contribution >= 0.6 is 11.6 Å². The number of hydrogen-bond donors (Lipinski definition) is 0. The molecule has 0 aromatic heterocycles. The van der Waals surface area contributed by atoms with E-state index >= 15 is 0 Å². The quantitative estimate of drug-likeness (QED) is 0.608. The number of ether oxygens (including phenoxy) is 2. The van der Waals surface area contributed by atoms with E-state index in [9.17, 15) is 4.79 Å². The Morgan fingerprint density at radius 1 is 1.61 bits per heavy atom. The molecule has 5 heteroatoms. The highest BCUT2D eigenvalue weighted by atomic mass is 35.5. The molecule has 0 bridgehead atoms. The van der Waals surface area contributed by atoms with Crippen LogP contribution in [0.3, 0.4) is 0 Å². The number of halogens is 1. The van der Waals surface area contributed by atoms with Crippen LogP contribution in [0, 0.1) is 11.3 Å². The van der Waals surface area contributed by atoms with Gasteiger partial charge in [0.05, 0.1) is 17.0 Å². The minimum atomic E-state index is -0.715. The highest BCUT2D eigenvalue weighted by Crippen LogP contribution is 2.43. The summed E-state index contributed by atoms with van der Waals surface area (Å²) in [5, 5.41) is 8.89. The third kappa shape index (κ3) is 2.02. The van der Waals surface area contributed by atoms with E-state index in [4.69, 9.17) is 26.3 Å². The average molecular weight is 266 g/mol. The van der Waals surface area contributed by atoms with Gasteiger partial charge in [-0.1, -0.05) is 0 Å². The van der Waals surface area contributed by atoms with Crippen molar-refractivity contribution in [3.05, 3.63) is 29.3 Å². The molecule has 0 radical (unpaired) electrons. The summed E-state index contributed by atoms with van der Waals surface area (Å²) < 4.78 is 10.7. The van der Waals surface area contributed by atoms with Crippen molar-refractivity contribution in [2.24, 2.45) is 0 Å². The fraction of sp³-hybridized carbons (Fsp3) is 0.385. The van der Waals surface area contributed by atoms with Gasteiger partial charge in [0, 0.05) is 5.56 Å². The monoisotopic (exact) mass is 265 g/mol. The number of esters is 1. The number of carbonyl (C=O) groups excluding carboxylic acids is 1. The van der Waals surface area contributed by atoms with Gasteiger partial charge >= 0.3 is 5.97 Å². The first-order valence-corrected chi connectivity index (χ1v) is 5.99. The van der Waals surface area contributed by atoms with Gasteiger partial charge in [-0.25, -0.2) is 0 Å². The first-order chi connectivity index (χ1) is 8.48. The summed E-state index contributed by atoms with van der Waals surface area (Å²) in [6, 6.07) is 7.21. The maximum absolute atomic E-state index is 11.2. The Bertz CT molecular complexity index is 534. The second-order valence-electron chi connectivity index (χ2n) is 4.62. The third-order valence-corrected chi connectivity index (χ3v) is 3.19. The molecule has 0 fully saturated rings. The SMILES string of the molecule is CC1(C)c2cc(C#N)ccc2OC1OC(=O)CCl. The molecular formula is C13H12ClNO3. The zero-order chi connectivity index (χ0) is 13.3.